The fourth-order valence-electron chi connectivity index (χ4n) is 3.31. The molecule has 1 N–H and O–H groups in total. The number of hydrazone groups is 1. The predicted molar refractivity (Wildman–Crippen MR) is 121 cm³/mol. The summed E-state index contributed by atoms with van der Waals surface area (Å²) >= 11 is 3.30. The van der Waals surface area contributed by atoms with Gasteiger partial charge in [-0.1, -0.05) is 15.9 Å². The average Bonchev–Trinajstić information content (AvgIpc) is 2.79. The average molecular weight is 510 g/mol. The Morgan fingerprint density at radius 2 is 1.74 bits per heavy atom. The van der Waals surface area contributed by atoms with E-state index in [4.69, 9.17) is 9.47 Å². The van der Waals surface area contributed by atoms with Crippen LogP contribution in [0.1, 0.15) is 18.4 Å². The van der Waals surface area contributed by atoms with E-state index in [0.29, 0.717) is 24.3 Å². The summed E-state index contributed by atoms with van der Waals surface area (Å²) < 4.78 is 38.2. The van der Waals surface area contributed by atoms with Gasteiger partial charge in [0.1, 0.15) is 0 Å². The Kier molecular flexibility index (Phi) is 7.69. The summed E-state index contributed by atoms with van der Waals surface area (Å²) in [6, 6.07) is 11.8. The third kappa shape index (κ3) is 5.63. The van der Waals surface area contributed by atoms with Gasteiger partial charge in [-0.25, -0.2) is 13.8 Å². The van der Waals surface area contributed by atoms with E-state index in [1.165, 1.54) is 10.5 Å². The largest absolute Gasteiger partial charge is 0.493 e. The van der Waals surface area contributed by atoms with Crippen molar-refractivity contribution in [2.45, 2.75) is 17.7 Å². The van der Waals surface area contributed by atoms with Crippen LogP contribution in [0, 0.1) is 5.92 Å². The summed E-state index contributed by atoms with van der Waals surface area (Å²) in [6.45, 7) is 0.575. The van der Waals surface area contributed by atoms with E-state index >= 15 is 0 Å². The number of carbonyl (C=O) groups is 1. The van der Waals surface area contributed by atoms with Crippen molar-refractivity contribution >= 4 is 38.1 Å². The Hall–Kier alpha value is -2.43. The fraction of sp³-hybridized carbons (Fsp3) is 0.333. The molecule has 1 fully saturated rings. The highest BCUT2D eigenvalue weighted by molar-refractivity contribution is 9.10. The second kappa shape index (κ2) is 10.3. The minimum atomic E-state index is -3.56. The van der Waals surface area contributed by atoms with Crippen molar-refractivity contribution in [2.24, 2.45) is 11.0 Å². The van der Waals surface area contributed by atoms with Crippen molar-refractivity contribution in [1.82, 2.24) is 9.73 Å². The number of rotatable bonds is 7. The van der Waals surface area contributed by atoms with E-state index in [1.54, 1.807) is 56.7 Å². The van der Waals surface area contributed by atoms with Gasteiger partial charge in [0, 0.05) is 23.5 Å². The quantitative estimate of drug-likeness (QED) is 0.456. The highest BCUT2D eigenvalue weighted by atomic mass is 79.9. The molecule has 0 atom stereocenters. The molecule has 2 aromatic carbocycles. The molecule has 1 saturated heterocycles. The first kappa shape index (κ1) is 23.2. The lowest BCUT2D eigenvalue weighted by molar-refractivity contribution is -0.126. The van der Waals surface area contributed by atoms with Gasteiger partial charge in [0.05, 0.1) is 25.3 Å². The van der Waals surface area contributed by atoms with Gasteiger partial charge < -0.3 is 9.47 Å². The molecule has 0 saturated carbocycles. The van der Waals surface area contributed by atoms with Gasteiger partial charge in [-0.15, -0.1) is 0 Å². The molecule has 0 radical (unpaired) electrons. The molecule has 1 heterocycles. The fourth-order valence-corrected chi connectivity index (χ4v) is 5.04. The Morgan fingerprint density at radius 1 is 1.10 bits per heavy atom. The molecular weight excluding hydrogens is 486 g/mol. The number of hydrogen-bond donors (Lipinski definition) is 1. The number of piperidine rings is 1. The Bertz CT molecular complexity index is 1050. The highest BCUT2D eigenvalue weighted by Gasteiger charge is 2.32. The topological polar surface area (TPSA) is 97.3 Å². The van der Waals surface area contributed by atoms with Crippen LogP contribution in [-0.4, -0.2) is 52.2 Å². The molecule has 0 aliphatic carbocycles. The van der Waals surface area contributed by atoms with Crippen molar-refractivity contribution in [2.75, 3.05) is 27.3 Å². The van der Waals surface area contributed by atoms with E-state index < -0.39 is 10.0 Å². The van der Waals surface area contributed by atoms with Crippen LogP contribution in [0.4, 0.5) is 0 Å². The van der Waals surface area contributed by atoms with Gasteiger partial charge in [0.15, 0.2) is 11.5 Å². The lowest BCUT2D eigenvalue weighted by Gasteiger charge is -2.30. The number of carbonyl (C=O) groups excluding carboxylic acids is 1. The third-order valence-corrected chi connectivity index (χ3v) is 7.51. The molecule has 1 amide bonds. The van der Waals surface area contributed by atoms with E-state index in [9.17, 15) is 13.2 Å². The number of hydrogen-bond acceptors (Lipinski definition) is 6. The van der Waals surface area contributed by atoms with Crippen LogP contribution in [0.3, 0.4) is 0 Å². The molecule has 166 valence electrons. The van der Waals surface area contributed by atoms with Crippen LogP contribution in [-0.2, 0) is 14.8 Å². The summed E-state index contributed by atoms with van der Waals surface area (Å²) in [4.78, 5) is 12.7. The summed E-state index contributed by atoms with van der Waals surface area (Å²) in [6.07, 6.45) is 2.40. The number of nitrogens with zero attached hydrogens (tertiary/aromatic N) is 2. The Labute approximate surface area is 190 Å². The lowest BCUT2D eigenvalue weighted by Crippen LogP contribution is -2.42. The number of halogens is 1. The molecule has 3 rings (SSSR count). The first-order valence-corrected chi connectivity index (χ1v) is 11.9. The number of benzene rings is 2. The van der Waals surface area contributed by atoms with Crippen molar-refractivity contribution in [3.05, 3.63) is 52.5 Å². The zero-order valence-electron chi connectivity index (χ0n) is 17.2. The zero-order chi connectivity index (χ0) is 22.4. The van der Waals surface area contributed by atoms with E-state index in [1.807, 2.05) is 0 Å². The molecular formula is C21H24BrN3O5S. The summed E-state index contributed by atoms with van der Waals surface area (Å²) in [5, 5.41) is 4.01. The molecule has 1 aliphatic rings. The van der Waals surface area contributed by atoms with E-state index in [-0.39, 0.29) is 29.8 Å². The van der Waals surface area contributed by atoms with Crippen LogP contribution in [0.25, 0.3) is 0 Å². The van der Waals surface area contributed by atoms with Gasteiger partial charge in [-0.2, -0.15) is 9.41 Å². The minimum absolute atomic E-state index is 0.225. The standard InChI is InChI=1S/C21H24BrN3O5S/c1-29-19-8-3-15(13-20(19)30-2)14-23-24-21(26)16-9-11-25(12-10-16)31(27,28)18-6-4-17(22)5-7-18/h3-8,13-14,16H,9-12H2,1-2H3,(H,24,26)/b23-14-. The van der Waals surface area contributed by atoms with Gasteiger partial charge >= 0.3 is 0 Å². The van der Waals surface area contributed by atoms with Crippen LogP contribution >= 0.6 is 15.9 Å². The summed E-state index contributed by atoms with van der Waals surface area (Å²) in [5.41, 5.74) is 3.29. The monoisotopic (exact) mass is 509 g/mol. The molecule has 0 bridgehead atoms. The predicted octanol–water partition coefficient (Wildman–Crippen LogP) is 3.02. The lowest BCUT2D eigenvalue weighted by atomic mass is 9.98. The Morgan fingerprint density at radius 3 is 2.35 bits per heavy atom. The first-order chi connectivity index (χ1) is 14.8. The van der Waals surface area contributed by atoms with Gasteiger partial charge in [0.25, 0.3) is 0 Å². The van der Waals surface area contributed by atoms with E-state index in [0.717, 1.165) is 10.0 Å². The molecule has 10 heteroatoms. The second-order valence-corrected chi connectivity index (χ2v) is 9.83. The summed E-state index contributed by atoms with van der Waals surface area (Å²) in [7, 11) is -0.462. The molecule has 0 unspecified atom stereocenters. The van der Waals surface area contributed by atoms with Crippen molar-refractivity contribution in [1.29, 1.82) is 0 Å². The van der Waals surface area contributed by atoms with Crippen molar-refractivity contribution in [3.63, 3.8) is 0 Å². The number of sulfonamides is 1. The molecule has 0 spiro atoms. The molecule has 8 nitrogen and oxygen atoms in total. The van der Waals surface area contributed by atoms with Crippen LogP contribution < -0.4 is 14.9 Å². The maximum Gasteiger partial charge on any atom is 0.243 e. The number of amides is 1. The Balaban J connectivity index is 1.54. The number of ether oxygens (including phenoxy) is 2. The maximum atomic E-state index is 12.8. The smallest absolute Gasteiger partial charge is 0.243 e. The van der Waals surface area contributed by atoms with E-state index in [2.05, 4.69) is 26.5 Å². The second-order valence-electron chi connectivity index (χ2n) is 6.98. The van der Waals surface area contributed by atoms with Crippen LogP contribution in [0.15, 0.2) is 56.9 Å². The third-order valence-electron chi connectivity index (χ3n) is 5.07. The maximum absolute atomic E-state index is 12.8. The highest BCUT2D eigenvalue weighted by Crippen LogP contribution is 2.27. The summed E-state index contributed by atoms with van der Waals surface area (Å²) in [5.74, 6) is 0.655. The van der Waals surface area contributed by atoms with Crippen LogP contribution in [0.5, 0.6) is 11.5 Å². The van der Waals surface area contributed by atoms with Crippen molar-refractivity contribution < 1.29 is 22.7 Å². The number of methoxy groups -OCH3 is 2. The van der Waals surface area contributed by atoms with Gasteiger partial charge in [-0.05, 0) is 60.9 Å². The molecule has 2 aromatic rings. The molecule has 1 aliphatic heterocycles. The van der Waals surface area contributed by atoms with Crippen LogP contribution in [0.2, 0.25) is 0 Å². The number of nitrogens with one attached hydrogen (secondary N) is 1. The SMILES string of the molecule is COc1ccc(/C=N\NC(=O)C2CCN(S(=O)(=O)c3ccc(Br)cc3)CC2)cc1OC. The minimum Gasteiger partial charge on any atom is -0.493 e. The first-order valence-electron chi connectivity index (χ1n) is 9.66. The normalized spacial score (nSPS) is 15.7. The molecule has 0 aromatic heterocycles. The van der Waals surface area contributed by atoms with Gasteiger partial charge in [0.2, 0.25) is 15.9 Å². The molecule has 31 heavy (non-hydrogen) atoms. The zero-order valence-corrected chi connectivity index (χ0v) is 19.6. The van der Waals surface area contributed by atoms with Crippen molar-refractivity contribution in [3.8, 4) is 11.5 Å². The van der Waals surface area contributed by atoms with Gasteiger partial charge in [-0.3, -0.25) is 4.79 Å².